The number of fused-ring (bicyclic) bond motifs is 3. The average Bonchev–Trinajstić information content (AvgIpc) is 3.78. The van der Waals surface area contributed by atoms with E-state index < -0.39 is 17.7 Å². The number of para-hydroxylation sites is 2. The molecule has 0 radical (unpaired) electrons. The number of nitrogens with zero attached hydrogens (tertiary/aromatic N) is 5. The molecule has 7 rings (SSSR count). The van der Waals surface area contributed by atoms with E-state index >= 15 is 0 Å². The highest BCUT2D eigenvalue weighted by Crippen LogP contribution is 2.40. The number of aromatic amines is 1. The first kappa shape index (κ1) is 34.9. The highest BCUT2D eigenvalue weighted by Gasteiger charge is 2.45. The van der Waals surface area contributed by atoms with Crippen LogP contribution in [-0.4, -0.2) is 112 Å². The standard InChI is InChI=1S/C36H45ClF3N7O3/c1-41-33-28(36(38,39)40)16-22(17-29(33)37)15-23(34(49)45-13-7-24(8-14-45)46-21-26-19-27(46)20-43(26)2)18-32(48)44-11-9-25(10-12-44)47-31-6-4-3-5-30(31)42-35(47)50/h3-6,16-17,23-27,41H,7-15,18-21H2,1-2H3,(H,42,50)/t23-,26?,27?/m0/s1. The number of nitrogens with one attached hydrogen (secondary N) is 2. The number of piperidine rings is 2. The summed E-state index contributed by atoms with van der Waals surface area (Å²) in [6.07, 6.45) is -0.817. The summed E-state index contributed by atoms with van der Waals surface area (Å²) in [5.74, 6) is -1.27. The number of hydrogen-bond donors (Lipinski definition) is 2. The Labute approximate surface area is 294 Å². The fraction of sp³-hybridized carbons (Fsp3) is 0.583. The van der Waals surface area contributed by atoms with E-state index in [-0.39, 0.29) is 52.7 Å². The molecule has 0 spiro atoms. The van der Waals surface area contributed by atoms with E-state index in [4.69, 9.17) is 11.6 Å². The summed E-state index contributed by atoms with van der Waals surface area (Å²) < 4.78 is 43.9. The molecule has 0 saturated carbocycles. The van der Waals surface area contributed by atoms with Crippen molar-refractivity contribution in [2.45, 2.75) is 75.3 Å². The summed E-state index contributed by atoms with van der Waals surface area (Å²) in [7, 11) is 3.56. The number of halogens is 4. The lowest BCUT2D eigenvalue weighted by atomic mass is 9.91. The second kappa shape index (κ2) is 13.9. The first-order valence-electron chi connectivity index (χ1n) is 17.7. The number of benzene rings is 2. The summed E-state index contributed by atoms with van der Waals surface area (Å²) in [4.78, 5) is 52.3. The number of anilines is 1. The van der Waals surface area contributed by atoms with Crippen molar-refractivity contribution in [2.24, 2.45) is 5.92 Å². The van der Waals surface area contributed by atoms with Gasteiger partial charge in [-0.1, -0.05) is 23.7 Å². The van der Waals surface area contributed by atoms with Crippen LogP contribution in [0.4, 0.5) is 18.9 Å². The number of imidazole rings is 1. The van der Waals surface area contributed by atoms with E-state index in [1.54, 1.807) is 14.4 Å². The number of aromatic nitrogens is 2. The molecule has 2 N–H and O–H groups in total. The number of amides is 2. The summed E-state index contributed by atoms with van der Waals surface area (Å²) >= 11 is 6.33. The Morgan fingerprint density at radius 1 is 0.960 bits per heavy atom. The Bertz CT molecular complexity index is 1790. The van der Waals surface area contributed by atoms with Crippen LogP contribution in [0, 0.1) is 5.92 Å². The van der Waals surface area contributed by atoms with Gasteiger partial charge in [-0.25, -0.2) is 4.79 Å². The van der Waals surface area contributed by atoms with E-state index in [1.807, 2.05) is 24.3 Å². The van der Waals surface area contributed by atoms with Gasteiger partial charge in [0.05, 0.1) is 33.2 Å². The van der Waals surface area contributed by atoms with Crippen LogP contribution in [0.2, 0.25) is 5.02 Å². The third kappa shape index (κ3) is 6.76. The summed E-state index contributed by atoms with van der Waals surface area (Å²) in [5.41, 5.74) is 0.540. The van der Waals surface area contributed by atoms with Gasteiger partial charge in [-0.05, 0) is 75.4 Å². The minimum absolute atomic E-state index is 0.0410. The minimum atomic E-state index is -4.66. The van der Waals surface area contributed by atoms with Gasteiger partial charge in [0.15, 0.2) is 0 Å². The molecule has 1 aromatic heterocycles. The van der Waals surface area contributed by atoms with E-state index in [0.29, 0.717) is 57.1 Å². The molecule has 2 amide bonds. The van der Waals surface area contributed by atoms with E-state index in [1.165, 1.54) is 19.5 Å². The monoisotopic (exact) mass is 715 g/mol. The fourth-order valence-corrected chi connectivity index (χ4v) is 9.30. The molecule has 4 saturated heterocycles. The number of likely N-dealkylation sites (tertiary alicyclic amines) is 4. The Balaban J connectivity index is 1.06. The topological polar surface area (TPSA) is 96.9 Å². The van der Waals surface area contributed by atoms with Crippen molar-refractivity contribution in [3.8, 4) is 0 Å². The lowest BCUT2D eigenvalue weighted by Gasteiger charge is -2.42. The van der Waals surface area contributed by atoms with Gasteiger partial charge < -0.3 is 25.0 Å². The third-order valence-corrected chi connectivity index (χ3v) is 11.9. The summed E-state index contributed by atoms with van der Waals surface area (Å²) in [6.45, 7) is 4.05. The van der Waals surface area contributed by atoms with Crippen LogP contribution in [0.25, 0.3) is 11.0 Å². The molecule has 4 fully saturated rings. The maximum Gasteiger partial charge on any atom is 0.418 e. The van der Waals surface area contributed by atoms with Crippen molar-refractivity contribution >= 4 is 40.1 Å². The van der Waals surface area contributed by atoms with Crippen molar-refractivity contribution in [1.82, 2.24) is 29.2 Å². The zero-order valence-corrected chi connectivity index (χ0v) is 29.3. The van der Waals surface area contributed by atoms with Crippen molar-refractivity contribution in [1.29, 1.82) is 0 Å². The van der Waals surface area contributed by atoms with Crippen LogP contribution in [0.15, 0.2) is 41.2 Å². The lowest BCUT2D eigenvalue weighted by molar-refractivity contribution is -0.143. The van der Waals surface area contributed by atoms with Gasteiger partial charge in [-0.3, -0.25) is 19.1 Å². The van der Waals surface area contributed by atoms with Crippen LogP contribution < -0.4 is 11.0 Å². The number of hydrogen-bond acceptors (Lipinski definition) is 6. The molecule has 2 unspecified atom stereocenters. The lowest BCUT2D eigenvalue weighted by Crippen LogP contribution is -2.54. The zero-order valence-electron chi connectivity index (χ0n) is 28.5. The maximum absolute atomic E-state index is 14.2. The highest BCUT2D eigenvalue weighted by molar-refractivity contribution is 6.33. The summed E-state index contributed by atoms with van der Waals surface area (Å²) in [6, 6.07) is 11.5. The number of carbonyl (C=O) groups is 2. The molecule has 50 heavy (non-hydrogen) atoms. The predicted octanol–water partition coefficient (Wildman–Crippen LogP) is 4.84. The first-order valence-corrected chi connectivity index (χ1v) is 18.1. The fourth-order valence-electron chi connectivity index (χ4n) is 8.96. The number of likely N-dealkylation sites (N-methyl/N-ethyl adjacent to an activating group) is 1. The van der Waals surface area contributed by atoms with Crippen molar-refractivity contribution in [2.75, 3.05) is 58.7 Å². The molecule has 4 aliphatic rings. The Morgan fingerprint density at radius 3 is 2.28 bits per heavy atom. The van der Waals surface area contributed by atoms with Gasteiger partial charge in [-0.15, -0.1) is 0 Å². The molecule has 0 aliphatic carbocycles. The van der Waals surface area contributed by atoms with E-state index in [2.05, 4.69) is 27.1 Å². The number of H-pyrrole nitrogens is 1. The first-order chi connectivity index (χ1) is 23.9. The van der Waals surface area contributed by atoms with E-state index in [0.717, 1.165) is 43.0 Å². The number of piperazine rings is 1. The molecular weight excluding hydrogens is 671 g/mol. The predicted molar refractivity (Wildman–Crippen MR) is 186 cm³/mol. The molecular formula is C36H45ClF3N7O3. The van der Waals surface area contributed by atoms with Crippen molar-refractivity contribution in [3.63, 3.8) is 0 Å². The second-order valence-corrected chi connectivity index (χ2v) is 14.9. The average molecular weight is 716 g/mol. The van der Waals surface area contributed by atoms with Gasteiger partial charge in [0.1, 0.15) is 0 Å². The Kier molecular flexibility index (Phi) is 9.68. The van der Waals surface area contributed by atoms with Gasteiger partial charge in [0.25, 0.3) is 0 Å². The van der Waals surface area contributed by atoms with Crippen LogP contribution in [0.5, 0.6) is 0 Å². The molecule has 4 aliphatic heterocycles. The summed E-state index contributed by atoms with van der Waals surface area (Å²) in [5, 5.41) is 2.46. The van der Waals surface area contributed by atoms with Crippen molar-refractivity contribution in [3.05, 3.63) is 63.0 Å². The molecule has 3 aromatic rings. The SMILES string of the molecule is CNc1c(Cl)cc(C[C@@H](CC(=O)N2CCC(n3c(=O)[nH]c4ccccc43)CC2)C(=O)N2CCC(N3CC4CC3CN4C)CC2)cc1C(F)(F)F. The molecule has 2 bridgehead atoms. The van der Waals surface area contributed by atoms with Crippen LogP contribution in [-0.2, 0) is 22.2 Å². The second-order valence-electron chi connectivity index (χ2n) is 14.5. The molecule has 3 atom stereocenters. The smallest absolute Gasteiger partial charge is 0.386 e. The van der Waals surface area contributed by atoms with Crippen molar-refractivity contribution < 1.29 is 22.8 Å². The van der Waals surface area contributed by atoms with E-state index in [9.17, 15) is 27.6 Å². The van der Waals surface area contributed by atoms with Crippen LogP contribution in [0.1, 0.15) is 55.7 Å². The van der Waals surface area contributed by atoms with Crippen LogP contribution >= 0.6 is 11.6 Å². The molecule has 14 heteroatoms. The molecule has 5 heterocycles. The van der Waals surface area contributed by atoms with Gasteiger partial charge >= 0.3 is 11.9 Å². The zero-order chi connectivity index (χ0) is 35.3. The largest absolute Gasteiger partial charge is 0.418 e. The third-order valence-electron chi connectivity index (χ3n) is 11.6. The Hall–Kier alpha value is -3.55. The molecule has 270 valence electrons. The van der Waals surface area contributed by atoms with Gasteiger partial charge in [0.2, 0.25) is 11.8 Å². The molecule has 10 nitrogen and oxygen atoms in total. The number of carbonyl (C=O) groups excluding carboxylic acids is 2. The Morgan fingerprint density at radius 2 is 1.64 bits per heavy atom. The van der Waals surface area contributed by atoms with Gasteiger partial charge in [0, 0.05) is 76.9 Å². The molecule has 2 aromatic carbocycles. The quantitative estimate of drug-likeness (QED) is 0.347. The highest BCUT2D eigenvalue weighted by atomic mass is 35.5. The number of rotatable bonds is 8. The minimum Gasteiger partial charge on any atom is -0.386 e. The number of alkyl halides is 3. The maximum atomic E-state index is 14.2. The normalized spacial score (nSPS) is 23.2. The van der Waals surface area contributed by atoms with Gasteiger partial charge in [-0.2, -0.15) is 13.2 Å². The van der Waals surface area contributed by atoms with Crippen LogP contribution in [0.3, 0.4) is 0 Å².